The van der Waals surface area contributed by atoms with E-state index in [1.165, 1.54) is 0 Å². The highest BCUT2D eigenvalue weighted by atomic mass is 16.2. The fourth-order valence-electron chi connectivity index (χ4n) is 2.04. The van der Waals surface area contributed by atoms with Crippen LogP contribution in [0.4, 0.5) is 0 Å². The lowest BCUT2D eigenvalue weighted by atomic mass is 10.3. The zero-order valence-corrected chi connectivity index (χ0v) is 10.6. The smallest absolute Gasteiger partial charge is 0.234 e. The number of aryl methyl sites for hydroxylation is 1. The maximum Gasteiger partial charge on any atom is 0.234 e. The third-order valence-corrected chi connectivity index (χ3v) is 3.05. The van der Waals surface area contributed by atoms with E-state index in [2.05, 4.69) is 20.5 Å². The number of hydrogen-bond acceptors (Lipinski definition) is 4. The number of imidazole rings is 1. The lowest BCUT2D eigenvalue weighted by Crippen LogP contribution is -2.47. The molecule has 2 heterocycles. The van der Waals surface area contributed by atoms with Crippen LogP contribution in [0, 0.1) is 0 Å². The highest BCUT2D eigenvalue weighted by molar-refractivity contribution is 5.77. The van der Waals surface area contributed by atoms with E-state index in [-0.39, 0.29) is 5.91 Å². The molecule has 0 aliphatic carbocycles. The van der Waals surface area contributed by atoms with E-state index < -0.39 is 0 Å². The highest BCUT2D eigenvalue weighted by Gasteiger charge is 2.12. The monoisotopic (exact) mass is 251 g/mol. The largest absolute Gasteiger partial charge is 0.355 e. The fraction of sp³-hybridized carbons (Fsp3) is 0.667. The summed E-state index contributed by atoms with van der Waals surface area (Å²) in [7, 11) is 0. The summed E-state index contributed by atoms with van der Waals surface area (Å²) >= 11 is 0. The van der Waals surface area contributed by atoms with Crippen molar-refractivity contribution >= 4 is 5.91 Å². The maximum atomic E-state index is 11.7. The van der Waals surface area contributed by atoms with Crippen molar-refractivity contribution in [3.05, 3.63) is 18.7 Å². The third kappa shape index (κ3) is 4.46. The van der Waals surface area contributed by atoms with Crippen molar-refractivity contribution in [2.24, 2.45) is 0 Å². The second kappa shape index (κ2) is 7.13. The van der Waals surface area contributed by atoms with Crippen LogP contribution in [-0.2, 0) is 11.3 Å². The first kappa shape index (κ1) is 13.0. The molecule has 1 aliphatic rings. The van der Waals surface area contributed by atoms with Gasteiger partial charge in [-0.2, -0.15) is 0 Å². The van der Waals surface area contributed by atoms with E-state index in [0.717, 1.165) is 45.7 Å². The lowest BCUT2D eigenvalue weighted by Gasteiger charge is -2.26. The zero-order chi connectivity index (χ0) is 12.6. The molecule has 0 aromatic carbocycles. The summed E-state index contributed by atoms with van der Waals surface area (Å²) in [6, 6.07) is 0. The van der Waals surface area contributed by atoms with Crippen LogP contribution in [-0.4, -0.2) is 59.6 Å². The maximum absolute atomic E-state index is 11.7. The number of carbonyl (C=O) groups excluding carboxylic acids is 1. The summed E-state index contributed by atoms with van der Waals surface area (Å²) in [5.74, 6) is 0.127. The standard InChI is InChI=1S/C12H21N5O/c18-12(10-16-7-3-13-4-8-16)15-2-1-6-17-9-5-14-11-17/h5,9,11,13H,1-4,6-8,10H2,(H,15,18). The van der Waals surface area contributed by atoms with Gasteiger partial charge in [0.1, 0.15) is 0 Å². The van der Waals surface area contributed by atoms with Crippen LogP contribution in [0.15, 0.2) is 18.7 Å². The van der Waals surface area contributed by atoms with Crippen LogP contribution in [0.2, 0.25) is 0 Å². The second-order valence-electron chi connectivity index (χ2n) is 4.53. The van der Waals surface area contributed by atoms with Gasteiger partial charge in [-0.15, -0.1) is 0 Å². The van der Waals surface area contributed by atoms with Gasteiger partial charge in [-0.25, -0.2) is 4.98 Å². The van der Waals surface area contributed by atoms with Gasteiger partial charge in [-0.05, 0) is 6.42 Å². The second-order valence-corrected chi connectivity index (χ2v) is 4.53. The molecule has 2 rings (SSSR count). The number of aromatic nitrogens is 2. The van der Waals surface area contributed by atoms with Gasteiger partial charge < -0.3 is 15.2 Å². The van der Waals surface area contributed by atoms with Crippen molar-refractivity contribution in [3.63, 3.8) is 0 Å². The molecule has 18 heavy (non-hydrogen) atoms. The molecule has 1 aromatic rings. The minimum Gasteiger partial charge on any atom is -0.355 e. The molecule has 1 aliphatic heterocycles. The predicted molar refractivity (Wildman–Crippen MR) is 69.2 cm³/mol. The van der Waals surface area contributed by atoms with E-state index in [1.54, 1.807) is 12.5 Å². The molecule has 0 saturated carbocycles. The summed E-state index contributed by atoms with van der Waals surface area (Å²) in [5, 5.41) is 6.23. The van der Waals surface area contributed by atoms with E-state index in [9.17, 15) is 4.79 Å². The Morgan fingerprint density at radius 1 is 1.39 bits per heavy atom. The third-order valence-electron chi connectivity index (χ3n) is 3.05. The SMILES string of the molecule is O=C(CN1CCNCC1)NCCCn1ccnc1. The van der Waals surface area contributed by atoms with Gasteiger partial charge in [0.15, 0.2) is 0 Å². The molecule has 0 unspecified atom stereocenters. The van der Waals surface area contributed by atoms with Gasteiger partial charge in [0, 0.05) is 51.7 Å². The summed E-state index contributed by atoms with van der Waals surface area (Å²) in [6.07, 6.45) is 6.43. The average Bonchev–Trinajstić information content (AvgIpc) is 2.89. The molecule has 0 radical (unpaired) electrons. The molecular formula is C12H21N5O. The van der Waals surface area contributed by atoms with Crippen LogP contribution in [0.3, 0.4) is 0 Å². The van der Waals surface area contributed by atoms with Crippen molar-refractivity contribution in [1.82, 2.24) is 25.1 Å². The minimum atomic E-state index is 0.127. The Hall–Kier alpha value is -1.40. The Balaban J connectivity index is 1.54. The van der Waals surface area contributed by atoms with Crippen LogP contribution >= 0.6 is 0 Å². The van der Waals surface area contributed by atoms with Gasteiger partial charge in [0.25, 0.3) is 0 Å². The van der Waals surface area contributed by atoms with Crippen molar-refractivity contribution in [2.45, 2.75) is 13.0 Å². The van der Waals surface area contributed by atoms with E-state index in [1.807, 2.05) is 10.8 Å². The highest BCUT2D eigenvalue weighted by Crippen LogP contribution is 1.92. The number of hydrogen-bond donors (Lipinski definition) is 2. The number of rotatable bonds is 6. The molecular weight excluding hydrogens is 230 g/mol. The van der Waals surface area contributed by atoms with Gasteiger partial charge in [-0.1, -0.05) is 0 Å². The number of carbonyl (C=O) groups is 1. The normalized spacial score (nSPS) is 16.7. The van der Waals surface area contributed by atoms with Crippen molar-refractivity contribution in [3.8, 4) is 0 Å². The first-order valence-electron chi connectivity index (χ1n) is 6.50. The molecule has 1 aromatic heterocycles. The van der Waals surface area contributed by atoms with Crippen LogP contribution in [0.25, 0.3) is 0 Å². The quantitative estimate of drug-likeness (QED) is 0.656. The molecule has 1 saturated heterocycles. The summed E-state index contributed by atoms with van der Waals surface area (Å²) < 4.78 is 2.02. The summed E-state index contributed by atoms with van der Waals surface area (Å²) in [6.45, 7) is 6.02. The van der Waals surface area contributed by atoms with Gasteiger partial charge >= 0.3 is 0 Å². The van der Waals surface area contributed by atoms with Gasteiger partial charge in [0.2, 0.25) is 5.91 Å². The van der Waals surface area contributed by atoms with Crippen LogP contribution < -0.4 is 10.6 Å². The Morgan fingerprint density at radius 3 is 2.94 bits per heavy atom. The molecule has 1 amide bonds. The molecule has 0 atom stereocenters. The molecule has 6 nitrogen and oxygen atoms in total. The minimum absolute atomic E-state index is 0.127. The number of piperazine rings is 1. The zero-order valence-electron chi connectivity index (χ0n) is 10.6. The predicted octanol–water partition coefficient (Wildman–Crippen LogP) is -0.705. The summed E-state index contributed by atoms with van der Waals surface area (Å²) in [4.78, 5) is 17.8. The molecule has 6 heteroatoms. The van der Waals surface area contributed by atoms with E-state index in [0.29, 0.717) is 6.54 Å². The Bertz CT molecular complexity index is 345. The molecule has 1 fully saturated rings. The van der Waals surface area contributed by atoms with Crippen LogP contribution in [0.5, 0.6) is 0 Å². The van der Waals surface area contributed by atoms with E-state index in [4.69, 9.17) is 0 Å². The lowest BCUT2D eigenvalue weighted by molar-refractivity contribution is -0.122. The molecule has 0 spiro atoms. The number of nitrogens with zero attached hydrogens (tertiary/aromatic N) is 3. The topological polar surface area (TPSA) is 62.2 Å². The molecule has 0 bridgehead atoms. The van der Waals surface area contributed by atoms with Crippen molar-refractivity contribution < 1.29 is 4.79 Å². The molecule has 2 N–H and O–H groups in total. The summed E-state index contributed by atoms with van der Waals surface area (Å²) in [5.41, 5.74) is 0. The van der Waals surface area contributed by atoms with Crippen molar-refractivity contribution in [1.29, 1.82) is 0 Å². The van der Waals surface area contributed by atoms with E-state index >= 15 is 0 Å². The van der Waals surface area contributed by atoms with Crippen LogP contribution in [0.1, 0.15) is 6.42 Å². The van der Waals surface area contributed by atoms with Crippen molar-refractivity contribution in [2.75, 3.05) is 39.3 Å². The Morgan fingerprint density at radius 2 is 2.22 bits per heavy atom. The first-order valence-corrected chi connectivity index (χ1v) is 6.50. The average molecular weight is 251 g/mol. The fourth-order valence-corrected chi connectivity index (χ4v) is 2.04. The number of amides is 1. The number of nitrogens with one attached hydrogen (secondary N) is 2. The Labute approximate surface area is 107 Å². The van der Waals surface area contributed by atoms with Gasteiger partial charge in [-0.3, -0.25) is 9.69 Å². The Kier molecular flexibility index (Phi) is 5.16. The first-order chi connectivity index (χ1) is 8.84. The molecule has 100 valence electrons. The van der Waals surface area contributed by atoms with Gasteiger partial charge in [0.05, 0.1) is 12.9 Å².